The Kier molecular flexibility index (Phi) is 6.20. The molecule has 0 unspecified atom stereocenters. The monoisotopic (exact) mass is 498 g/mol. The number of hydrogen-bond donors (Lipinski definition) is 2. The Hall–Kier alpha value is -2.50. The van der Waals surface area contributed by atoms with Crippen molar-refractivity contribution in [2.24, 2.45) is 0 Å². The highest BCUT2D eigenvalue weighted by Crippen LogP contribution is 2.20. The molecule has 1 aromatic carbocycles. The molecular formula is C17H16BrClN6O3S. The molecule has 2 N–H and O–H groups in total. The molecule has 3 aromatic rings. The zero-order valence-electron chi connectivity index (χ0n) is 15.3. The van der Waals surface area contributed by atoms with E-state index in [4.69, 9.17) is 11.6 Å². The molecule has 0 aliphatic carbocycles. The van der Waals surface area contributed by atoms with E-state index in [2.05, 4.69) is 41.3 Å². The van der Waals surface area contributed by atoms with Crippen LogP contribution in [0.4, 0.5) is 11.5 Å². The Bertz CT molecular complexity index is 1150. The maximum atomic E-state index is 12.4. The van der Waals surface area contributed by atoms with Gasteiger partial charge in [-0.25, -0.2) is 8.42 Å². The fourth-order valence-electron chi connectivity index (χ4n) is 2.45. The first-order chi connectivity index (χ1) is 13.7. The van der Waals surface area contributed by atoms with Gasteiger partial charge in [-0.15, -0.1) is 10.2 Å². The van der Waals surface area contributed by atoms with Crippen molar-refractivity contribution in [1.29, 1.82) is 0 Å². The first-order valence-corrected chi connectivity index (χ1v) is 10.9. The SMILES string of the molecule is Cc1nn(CC(=O)Nc2ccc(S(=O)(=O)Nc3ccc(Cl)nn3)cc2)c(C)c1Br. The van der Waals surface area contributed by atoms with Crippen LogP contribution >= 0.6 is 27.5 Å². The number of benzene rings is 1. The lowest BCUT2D eigenvalue weighted by Gasteiger charge is -2.09. The van der Waals surface area contributed by atoms with E-state index in [1.807, 2.05) is 13.8 Å². The Labute approximate surface area is 180 Å². The molecule has 0 saturated carbocycles. The number of carbonyl (C=O) groups is 1. The van der Waals surface area contributed by atoms with E-state index in [0.717, 1.165) is 15.9 Å². The van der Waals surface area contributed by atoms with Crippen LogP contribution in [0.5, 0.6) is 0 Å². The van der Waals surface area contributed by atoms with Gasteiger partial charge in [0.15, 0.2) is 11.0 Å². The quantitative estimate of drug-likeness (QED) is 0.538. The highest BCUT2D eigenvalue weighted by molar-refractivity contribution is 9.10. The van der Waals surface area contributed by atoms with Gasteiger partial charge in [-0.2, -0.15) is 5.10 Å². The van der Waals surface area contributed by atoms with E-state index >= 15 is 0 Å². The average molecular weight is 500 g/mol. The van der Waals surface area contributed by atoms with Crippen LogP contribution in [0.25, 0.3) is 0 Å². The summed E-state index contributed by atoms with van der Waals surface area (Å²) in [6.07, 6.45) is 0. The summed E-state index contributed by atoms with van der Waals surface area (Å²) in [6, 6.07) is 8.57. The fraction of sp³-hybridized carbons (Fsp3) is 0.176. The Morgan fingerprint density at radius 2 is 1.83 bits per heavy atom. The van der Waals surface area contributed by atoms with Crippen molar-refractivity contribution in [3.63, 3.8) is 0 Å². The lowest BCUT2D eigenvalue weighted by molar-refractivity contribution is -0.116. The number of rotatable bonds is 6. The molecule has 12 heteroatoms. The number of nitrogens with one attached hydrogen (secondary N) is 2. The number of anilines is 2. The Morgan fingerprint density at radius 1 is 1.14 bits per heavy atom. The second-order valence-electron chi connectivity index (χ2n) is 6.06. The molecule has 0 aliphatic rings. The van der Waals surface area contributed by atoms with Crippen LogP contribution < -0.4 is 10.0 Å². The van der Waals surface area contributed by atoms with Gasteiger partial charge in [0.2, 0.25) is 5.91 Å². The van der Waals surface area contributed by atoms with Crippen molar-refractivity contribution in [3.8, 4) is 0 Å². The number of nitrogens with zero attached hydrogens (tertiary/aromatic N) is 4. The number of amides is 1. The molecule has 1 amide bonds. The smallest absolute Gasteiger partial charge is 0.263 e. The zero-order valence-corrected chi connectivity index (χ0v) is 18.5. The number of aromatic nitrogens is 4. The van der Waals surface area contributed by atoms with Gasteiger partial charge in [0.25, 0.3) is 10.0 Å². The molecule has 3 rings (SSSR count). The van der Waals surface area contributed by atoms with Gasteiger partial charge < -0.3 is 5.32 Å². The first-order valence-electron chi connectivity index (χ1n) is 8.27. The predicted octanol–water partition coefficient (Wildman–Crippen LogP) is 3.15. The van der Waals surface area contributed by atoms with Crippen molar-refractivity contribution in [3.05, 3.63) is 57.4 Å². The molecule has 0 atom stereocenters. The minimum absolute atomic E-state index is 0.00900. The predicted molar refractivity (Wildman–Crippen MR) is 112 cm³/mol. The van der Waals surface area contributed by atoms with E-state index in [9.17, 15) is 13.2 Å². The standard InChI is InChI=1S/C17H16BrClN6O3S/c1-10-17(18)11(2)25(23-10)9-16(26)20-12-3-5-13(6-4-12)29(27,28)24-15-8-7-14(19)21-22-15/h3-8H,9H2,1-2H3,(H,20,26)(H,22,24). The number of hydrogen-bond acceptors (Lipinski definition) is 6. The van der Waals surface area contributed by atoms with Gasteiger partial charge >= 0.3 is 0 Å². The number of sulfonamides is 1. The van der Waals surface area contributed by atoms with Crippen LogP contribution in [0.15, 0.2) is 45.8 Å². The zero-order chi connectivity index (χ0) is 21.2. The lowest BCUT2D eigenvalue weighted by Crippen LogP contribution is -2.20. The van der Waals surface area contributed by atoms with Crippen molar-refractivity contribution in [2.75, 3.05) is 10.0 Å². The normalized spacial score (nSPS) is 11.3. The largest absolute Gasteiger partial charge is 0.324 e. The summed E-state index contributed by atoms with van der Waals surface area (Å²) >= 11 is 9.05. The van der Waals surface area contributed by atoms with E-state index in [0.29, 0.717) is 5.69 Å². The van der Waals surface area contributed by atoms with Crippen molar-refractivity contribution < 1.29 is 13.2 Å². The highest BCUT2D eigenvalue weighted by atomic mass is 79.9. The summed E-state index contributed by atoms with van der Waals surface area (Å²) in [7, 11) is -3.86. The van der Waals surface area contributed by atoms with E-state index in [-0.39, 0.29) is 28.3 Å². The minimum atomic E-state index is -3.86. The molecule has 9 nitrogen and oxygen atoms in total. The van der Waals surface area contributed by atoms with Crippen molar-refractivity contribution >= 4 is 55.0 Å². The molecule has 0 fully saturated rings. The minimum Gasteiger partial charge on any atom is -0.324 e. The topological polar surface area (TPSA) is 119 Å². The molecule has 0 saturated heterocycles. The third kappa shape index (κ3) is 5.11. The van der Waals surface area contributed by atoms with Gasteiger partial charge in [0.1, 0.15) is 6.54 Å². The van der Waals surface area contributed by atoms with Crippen LogP contribution in [0.2, 0.25) is 5.15 Å². The number of aryl methyl sites for hydroxylation is 1. The molecule has 2 heterocycles. The lowest BCUT2D eigenvalue weighted by atomic mass is 10.3. The van der Waals surface area contributed by atoms with E-state index in [1.165, 1.54) is 36.4 Å². The second kappa shape index (κ2) is 8.47. The van der Waals surface area contributed by atoms with Crippen molar-refractivity contribution in [1.82, 2.24) is 20.0 Å². The molecule has 29 heavy (non-hydrogen) atoms. The molecular weight excluding hydrogens is 484 g/mol. The third-order valence-corrected chi connectivity index (χ3v) is 6.63. The molecule has 0 radical (unpaired) electrons. The fourth-order valence-corrected chi connectivity index (χ4v) is 3.83. The molecule has 0 aliphatic heterocycles. The van der Waals surface area contributed by atoms with Crippen molar-refractivity contribution in [2.45, 2.75) is 25.3 Å². The summed E-state index contributed by atoms with van der Waals surface area (Å²) in [5.41, 5.74) is 2.10. The average Bonchev–Trinajstić information content (AvgIpc) is 2.90. The summed E-state index contributed by atoms with van der Waals surface area (Å²) in [5, 5.41) is 14.4. The third-order valence-electron chi connectivity index (χ3n) is 3.91. The van der Waals surface area contributed by atoms with Gasteiger partial charge in [-0.05, 0) is 66.2 Å². The van der Waals surface area contributed by atoms with E-state index < -0.39 is 10.0 Å². The summed E-state index contributed by atoms with van der Waals surface area (Å²) in [4.78, 5) is 12.3. The molecule has 152 valence electrons. The second-order valence-corrected chi connectivity index (χ2v) is 8.92. The Morgan fingerprint density at radius 3 is 2.38 bits per heavy atom. The number of carbonyl (C=O) groups excluding carboxylic acids is 1. The van der Waals surface area contributed by atoms with Gasteiger partial charge in [0.05, 0.1) is 20.8 Å². The summed E-state index contributed by atoms with van der Waals surface area (Å²) in [5.74, 6) is -0.240. The van der Waals surface area contributed by atoms with Crippen LogP contribution in [-0.2, 0) is 21.4 Å². The van der Waals surface area contributed by atoms with E-state index in [1.54, 1.807) is 4.68 Å². The summed E-state index contributed by atoms with van der Waals surface area (Å²) in [6.45, 7) is 3.73. The van der Waals surface area contributed by atoms with Crippen LogP contribution in [0.3, 0.4) is 0 Å². The van der Waals surface area contributed by atoms with Gasteiger partial charge in [-0.3, -0.25) is 14.2 Å². The van der Waals surface area contributed by atoms with Gasteiger partial charge in [0, 0.05) is 5.69 Å². The summed E-state index contributed by atoms with van der Waals surface area (Å²) < 4.78 is 29.6. The van der Waals surface area contributed by atoms with Crippen LogP contribution in [0, 0.1) is 13.8 Å². The maximum Gasteiger partial charge on any atom is 0.263 e. The highest BCUT2D eigenvalue weighted by Gasteiger charge is 2.16. The first kappa shape index (κ1) is 21.2. The van der Waals surface area contributed by atoms with Crippen LogP contribution in [0.1, 0.15) is 11.4 Å². The molecule has 0 bridgehead atoms. The maximum absolute atomic E-state index is 12.4. The Balaban J connectivity index is 1.66. The van der Waals surface area contributed by atoms with Gasteiger partial charge in [-0.1, -0.05) is 11.6 Å². The molecule has 0 spiro atoms. The molecule has 2 aromatic heterocycles. The number of halogens is 2. The van der Waals surface area contributed by atoms with Crippen LogP contribution in [-0.4, -0.2) is 34.3 Å².